The van der Waals surface area contributed by atoms with Gasteiger partial charge in [-0.05, 0) is 27.0 Å². The van der Waals surface area contributed by atoms with Crippen molar-refractivity contribution in [3.05, 3.63) is 35.4 Å². The largest absolute Gasteiger partial charge is 0.313 e. The Morgan fingerprint density at radius 2 is 2.22 bits per heavy atom. The first-order chi connectivity index (χ1) is 8.63. The maximum absolute atomic E-state index is 4.48. The molecule has 0 amide bonds. The lowest BCUT2D eigenvalue weighted by molar-refractivity contribution is 0.540. The summed E-state index contributed by atoms with van der Waals surface area (Å²) in [6.07, 6.45) is 4.90. The van der Waals surface area contributed by atoms with Crippen LogP contribution < -0.4 is 5.32 Å². The number of hydrogen-bond acceptors (Lipinski definition) is 3. The third-order valence-corrected chi connectivity index (χ3v) is 3.17. The van der Waals surface area contributed by atoms with Crippen molar-refractivity contribution in [1.29, 1.82) is 0 Å². The van der Waals surface area contributed by atoms with Crippen LogP contribution in [0.4, 0.5) is 0 Å². The van der Waals surface area contributed by atoms with E-state index in [0.717, 1.165) is 18.7 Å². The minimum atomic E-state index is 0.278. The van der Waals surface area contributed by atoms with E-state index in [1.165, 1.54) is 11.3 Å². The van der Waals surface area contributed by atoms with Gasteiger partial charge in [-0.1, -0.05) is 0 Å². The summed E-state index contributed by atoms with van der Waals surface area (Å²) >= 11 is 0. The molecule has 0 fully saturated rings. The van der Waals surface area contributed by atoms with Crippen LogP contribution in [0.15, 0.2) is 18.5 Å². The minimum absolute atomic E-state index is 0.278. The summed E-state index contributed by atoms with van der Waals surface area (Å²) in [4.78, 5) is 0. The van der Waals surface area contributed by atoms with Crippen molar-refractivity contribution in [3.63, 3.8) is 0 Å². The first-order valence-corrected chi connectivity index (χ1v) is 6.33. The van der Waals surface area contributed by atoms with Gasteiger partial charge in [0, 0.05) is 43.5 Å². The van der Waals surface area contributed by atoms with Gasteiger partial charge in [-0.15, -0.1) is 0 Å². The molecule has 2 rings (SSSR count). The number of aromatic nitrogens is 4. The molecule has 5 nitrogen and oxygen atoms in total. The number of nitrogens with zero attached hydrogens (tertiary/aromatic N) is 4. The van der Waals surface area contributed by atoms with E-state index in [1.54, 1.807) is 0 Å². The van der Waals surface area contributed by atoms with Crippen molar-refractivity contribution in [1.82, 2.24) is 24.9 Å². The average molecular weight is 247 g/mol. The van der Waals surface area contributed by atoms with Gasteiger partial charge in [0.25, 0.3) is 0 Å². The van der Waals surface area contributed by atoms with Crippen LogP contribution in [0, 0.1) is 6.92 Å². The molecule has 2 aromatic rings. The second kappa shape index (κ2) is 5.35. The monoisotopic (exact) mass is 247 g/mol. The van der Waals surface area contributed by atoms with Gasteiger partial charge in [-0.3, -0.25) is 9.36 Å². The van der Waals surface area contributed by atoms with Crippen molar-refractivity contribution in [3.8, 4) is 0 Å². The number of likely N-dealkylation sites (N-methyl/N-ethyl adjacent to an activating group) is 1. The quantitative estimate of drug-likeness (QED) is 0.870. The summed E-state index contributed by atoms with van der Waals surface area (Å²) in [6.45, 7) is 5.06. The minimum Gasteiger partial charge on any atom is -0.313 e. The molecular formula is C13H21N5. The van der Waals surface area contributed by atoms with Crippen LogP contribution in [0.3, 0.4) is 0 Å². The zero-order valence-electron chi connectivity index (χ0n) is 11.5. The number of aryl methyl sites for hydroxylation is 3. The summed E-state index contributed by atoms with van der Waals surface area (Å²) in [7, 11) is 3.92. The molecule has 1 atom stereocenters. The summed E-state index contributed by atoms with van der Waals surface area (Å²) in [5, 5.41) is 12.1. The Bertz CT molecular complexity index is 511. The second-order valence-electron chi connectivity index (χ2n) is 4.59. The molecule has 0 saturated heterocycles. The average Bonchev–Trinajstić information content (AvgIpc) is 2.92. The van der Waals surface area contributed by atoms with Crippen LogP contribution in [0.5, 0.6) is 0 Å². The normalized spacial score (nSPS) is 12.9. The molecule has 98 valence electrons. The summed E-state index contributed by atoms with van der Waals surface area (Å²) in [6, 6.07) is 2.43. The van der Waals surface area contributed by atoms with Gasteiger partial charge in [0.15, 0.2) is 0 Å². The van der Waals surface area contributed by atoms with E-state index < -0.39 is 0 Å². The third-order valence-electron chi connectivity index (χ3n) is 3.17. The molecule has 0 aromatic carbocycles. The van der Waals surface area contributed by atoms with Gasteiger partial charge in [0.05, 0.1) is 11.9 Å². The lowest BCUT2D eigenvalue weighted by atomic mass is 10.1. The molecule has 5 heteroatoms. The van der Waals surface area contributed by atoms with Crippen LogP contribution in [0.25, 0.3) is 0 Å². The van der Waals surface area contributed by atoms with E-state index in [4.69, 9.17) is 0 Å². The van der Waals surface area contributed by atoms with Crippen LogP contribution in [0.2, 0.25) is 0 Å². The summed E-state index contributed by atoms with van der Waals surface area (Å²) in [5.41, 5.74) is 3.55. The molecule has 0 saturated carbocycles. The van der Waals surface area contributed by atoms with Crippen molar-refractivity contribution in [2.75, 3.05) is 7.05 Å². The standard InChI is InChI=1S/C13H21N5/c1-5-18-12(6-10(2)16-18)7-13(14-3)11-8-15-17(4)9-11/h6,8-9,13-14H,5,7H2,1-4H3. The highest BCUT2D eigenvalue weighted by Crippen LogP contribution is 2.18. The van der Waals surface area contributed by atoms with Crippen molar-refractivity contribution in [2.45, 2.75) is 32.9 Å². The first kappa shape index (κ1) is 12.8. The Morgan fingerprint density at radius 3 is 2.78 bits per heavy atom. The van der Waals surface area contributed by atoms with Crippen LogP contribution in [-0.2, 0) is 20.0 Å². The Hall–Kier alpha value is -1.62. The summed E-state index contributed by atoms with van der Waals surface area (Å²) < 4.78 is 3.90. The van der Waals surface area contributed by atoms with E-state index >= 15 is 0 Å². The number of rotatable bonds is 5. The molecule has 2 aromatic heterocycles. The topological polar surface area (TPSA) is 47.7 Å². The van der Waals surface area contributed by atoms with Gasteiger partial charge in [0.1, 0.15) is 0 Å². The Morgan fingerprint density at radius 1 is 1.44 bits per heavy atom. The lowest BCUT2D eigenvalue weighted by Crippen LogP contribution is -2.20. The smallest absolute Gasteiger partial charge is 0.0596 e. The van der Waals surface area contributed by atoms with Crippen LogP contribution >= 0.6 is 0 Å². The predicted octanol–water partition coefficient (Wildman–Crippen LogP) is 1.45. The van der Waals surface area contributed by atoms with Gasteiger partial charge >= 0.3 is 0 Å². The van der Waals surface area contributed by atoms with E-state index in [2.05, 4.69) is 39.4 Å². The molecule has 2 heterocycles. The maximum atomic E-state index is 4.48. The lowest BCUT2D eigenvalue weighted by Gasteiger charge is -2.15. The first-order valence-electron chi connectivity index (χ1n) is 6.33. The molecule has 1 N–H and O–H groups in total. The Labute approximate surface area is 108 Å². The maximum Gasteiger partial charge on any atom is 0.0596 e. The van der Waals surface area contributed by atoms with E-state index in [9.17, 15) is 0 Å². The predicted molar refractivity (Wildman–Crippen MR) is 71.4 cm³/mol. The molecule has 18 heavy (non-hydrogen) atoms. The van der Waals surface area contributed by atoms with Gasteiger partial charge < -0.3 is 5.32 Å². The molecule has 0 aliphatic heterocycles. The number of hydrogen-bond donors (Lipinski definition) is 1. The highest BCUT2D eigenvalue weighted by Gasteiger charge is 2.15. The molecule has 0 bridgehead atoms. The second-order valence-corrected chi connectivity index (χ2v) is 4.59. The van der Waals surface area contributed by atoms with Gasteiger partial charge in [-0.25, -0.2) is 0 Å². The van der Waals surface area contributed by atoms with E-state index in [0.29, 0.717) is 0 Å². The fourth-order valence-corrected chi connectivity index (χ4v) is 2.25. The van der Waals surface area contributed by atoms with Crippen molar-refractivity contribution in [2.24, 2.45) is 7.05 Å². The molecule has 0 spiro atoms. The van der Waals surface area contributed by atoms with Gasteiger partial charge in [0.2, 0.25) is 0 Å². The fourth-order valence-electron chi connectivity index (χ4n) is 2.25. The highest BCUT2D eigenvalue weighted by atomic mass is 15.3. The fraction of sp³-hybridized carbons (Fsp3) is 0.538. The summed E-state index contributed by atoms with van der Waals surface area (Å²) in [5.74, 6) is 0. The molecule has 0 radical (unpaired) electrons. The van der Waals surface area contributed by atoms with Gasteiger partial charge in [-0.2, -0.15) is 10.2 Å². The Kier molecular flexibility index (Phi) is 3.81. The molecule has 0 aliphatic carbocycles. The van der Waals surface area contributed by atoms with Crippen LogP contribution in [0.1, 0.15) is 29.9 Å². The van der Waals surface area contributed by atoms with E-state index in [-0.39, 0.29) is 6.04 Å². The highest BCUT2D eigenvalue weighted by molar-refractivity contribution is 5.17. The molecule has 0 aliphatic rings. The van der Waals surface area contributed by atoms with E-state index in [1.807, 2.05) is 31.9 Å². The Balaban J connectivity index is 2.19. The molecule has 1 unspecified atom stereocenters. The van der Waals surface area contributed by atoms with Crippen molar-refractivity contribution >= 4 is 0 Å². The zero-order chi connectivity index (χ0) is 13.1. The zero-order valence-corrected chi connectivity index (χ0v) is 11.5. The molecular weight excluding hydrogens is 226 g/mol. The number of nitrogens with one attached hydrogen (secondary N) is 1. The third kappa shape index (κ3) is 2.61. The SMILES string of the molecule is CCn1nc(C)cc1CC(NC)c1cnn(C)c1. The van der Waals surface area contributed by atoms with Crippen LogP contribution in [-0.4, -0.2) is 26.6 Å². The van der Waals surface area contributed by atoms with Crippen molar-refractivity contribution < 1.29 is 0 Å².